The molecule has 2 rings (SSSR count). The van der Waals surface area contributed by atoms with Crippen molar-refractivity contribution in [2.24, 2.45) is 21.9 Å². The van der Waals surface area contributed by atoms with Gasteiger partial charge in [0.05, 0.1) is 12.0 Å². The van der Waals surface area contributed by atoms with Gasteiger partial charge in [-0.25, -0.2) is 0 Å². The zero-order chi connectivity index (χ0) is 14.4. The number of ether oxygens (including phenoxy) is 1. The second kappa shape index (κ2) is 8.18. The number of hydrogen-bond acceptors (Lipinski definition) is 3. The highest BCUT2D eigenvalue weighted by molar-refractivity contribution is 14.0. The monoisotopic (exact) mass is 404 g/mol. The maximum Gasteiger partial charge on any atom is 0.225 e. The topological polar surface area (TPSA) is 103 Å². The van der Waals surface area contributed by atoms with Gasteiger partial charge in [0, 0.05) is 18.9 Å². The standard InChI is InChI=1S/C14H20N4O2.HI/c15-12(19)14(6-8-20-9-7-14)10-17-13(16)18-11-4-2-1-3-5-11;/h1-5H,6-10H2,(H2,15,19)(H3,16,17,18);1H. The van der Waals surface area contributed by atoms with E-state index in [4.69, 9.17) is 16.2 Å². The number of carbonyl (C=O) groups is 1. The Labute approximate surface area is 141 Å². The molecule has 116 valence electrons. The van der Waals surface area contributed by atoms with E-state index in [1.165, 1.54) is 0 Å². The molecule has 0 saturated carbocycles. The molecule has 0 radical (unpaired) electrons. The van der Waals surface area contributed by atoms with Gasteiger partial charge in [0.2, 0.25) is 5.91 Å². The van der Waals surface area contributed by atoms with Crippen LogP contribution in [0.15, 0.2) is 35.3 Å². The molecule has 1 aromatic rings. The summed E-state index contributed by atoms with van der Waals surface area (Å²) < 4.78 is 5.27. The predicted octanol–water partition coefficient (Wildman–Crippen LogP) is 1.31. The Balaban J connectivity index is 0.00000220. The number of nitrogens with one attached hydrogen (secondary N) is 1. The Bertz CT molecular complexity index is 487. The number of primary amides is 1. The molecule has 1 aliphatic heterocycles. The minimum Gasteiger partial charge on any atom is -0.381 e. The van der Waals surface area contributed by atoms with Crippen LogP contribution in [0.5, 0.6) is 0 Å². The second-order valence-corrected chi connectivity index (χ2v) is 4.95. The number of rotatable bonds is 4. The van der Waals surface area contributed by atoms with E-state index < -0.39 is 5.41 Å². The molecule has 0 aromatic heterocycles. The highest BCUT2D eigenvalue weighted by Crippen LogP contribution is 2.30. The molecular weight excluding hydrogens is 383 g/mol. The summed E-state index contributed by atoms with van der Waals surface area (Å²) in [6, 6.07) is 9.50. The van der Waals surface area contributed by atoms with Gasteiger partial charge in [-0.2, -0.15) is 0 Å². The van der Waals surface area contributed by atoms with Gasteiger partial charge in [0.15, 0.2) is 5.96 Å². The Morgan fingerprint density at radius 1 is 1.24 bits per heavy atom. The van der Waals surface area contributed by atoms with Crippen LogP contribution in [0.1, 0.15) is 12.8 Å². The van der Waals surface area contributed by atoms with Gasteiger partial charge in [-0.15, -0.1) is 24.0 Å². The van der Waals surface area contributed by atoms with Crippen LogP contribution in [0.4, 0.5) is 5.69 Å². The SMILES string of the molecule is I.NC(=O)C1(CN=C(N)Nc2ccccc2)CCOCC1. The van der Waals surface area contributed by atoms with Crippen molar-refractivity contribution in [3.63, 3.8) is 0 Å². The Kier molecular flexibility index (Phi) is 6.90. The first-order chi connectivity index (χ1) is 9.62. The molecule has 1 aromatic carbocycles. The van der Waals surface area contributed by atoms with E-state index in [1.807, 2.05) is 30.3 Å². The Hall–Kier alpha value is -1.35. The van der Waals surface area contributed by atoms with Crippen molar-refractivity contribution in [2.75, 3.05) is 25.1 Å². The molecule has 1 fully saturated rings. The average Bonchev–Trinajstić information content (AvgIpc) is 2.47. The molecule has 0 unspecified atom stereocenters. The molecule has 1 aliphatic rings. The van der Waals surface area contributed by atoms with Crippen molar-refractivity contribution in [2.45, 2.75) is 12.8 Å². The van der Waals surface area contributed by atoms with Gasteiger partial charge in [0.25, 0.3) is 0 Å². The highest BCUT2D eigenvalue weighted by Gasteiger charge is 2.38. The molecule has 21 heavy (non-hydrogen) atoms. The molecule has 7 heteroatoms. The van der Waals surface area contributed by atoms with Crippen molar-refractivity contribution >= 4 is 41.5 Å². The smallest absolute Gasteiger partial charge is 0.225 e. The van der Waals surface area contributed by atoms with Gasteiger partial charge in [-0.3, -0.25) is 9.79 Å². The Morgan fingerprint density at radius 2 is 1.86 bits per heavy atom. The molecule has 0 bridgehead atoms. The third kappa shape index (κ3) is 4.85. The summed E-state index contributed by atoms with van der Waals surface area (Å²) in [5, 5.41) is 2.98. The van der Waals surface area contributed by atoms with Crippen LogP contribution < -0.4 is 16.8 Å². The van der Waals surface area contributed by atoms with E-state index in [0.717, 1.165) is 5.69 Å². The summed E-state index contributed by atoms with van der Waals surface area (Å²) in [4.78, 5) is 15.9. The highest BCUT2D eigenvalue weighted by atomic mass is 127. The van der Waals surface area contributed by atoms with E-state index in [9.17, 15) is 4.79 Å². The number of para-hydroxylation sites is 1. The van der Waals surface area contributed by atoms with Gasteiger partial charge in [-0.1, -0.05) is 18.2 Å². The molecule has 1 amide bonds. The molecule has 1 saturated heterocycles. The van der Waals surface area contributed by atoms with E-state index in [1.54, 1.807) is 0 Å². The largest absolute Gasteiger partial charge is 0.381 e. The van der Waals surface area contributed by atoms with E-state index in [-0.39, 0.29) is 42.4 Å². The Morgan fingerprint density at radius 3 is 2.43 bits per heavy atom. The van der Waals surface area contributed by atoms with Crippen LogP contribution >= 0.6 is 24.0 Å². The predicted molar refractivity (Wildman–Crippen MR) is 93.6 cm³/mol. The number of carbonyl (C=O) groups excluding carboxylic acids is 1. The summed E-state index contributed by atoms with van der Waals surface area (Å²) in [6.07, 6.45) is 1.18. The first kappa shape index (κ1) is 17.7. The van der Waals surface area contributed by atoms with E-state index >= 15 is 0 Å². The van der Waals surface area contributed by atoms with Crippen LogP contribution in [0.2, 0.25) is 0 Å². The number of guanidine groups is 1. The summed E-state index contributed by atoms with van der Waals surface area (Å²) >= 11 is 0. The third-order valence-corrected chi connectivity index (χ3v) is 3.57. The lowest BCUT2D eigenvalue weighted by molar-refractivity contribution is -0.132. The van der Waals surface area contributed by atoms with Crippen LogP contribution in [0.25, 0.3) is 0 Å². The number of halogens is 1. The molecule has 6 nitrogen and oxygen atoms in total. The lowest BCUT2D eigenvalue weighted by Crippen LogP contribution is -2.44. The number of nitrogens with zero attached hydrogens (tertiary/aromatic N) is 1. The fraction of sp³-hybridized carbons (Fsp3) is 0.429. The molecule has 0 spiro atoms. The minimum atomic E-state index is -0.638. The van der Waals surface area contributed by atoms with Crippen LogP contribution in [-0.4, -0.2) is 31.6 Å². The minimum absolute atomic E-state index is 0. The molecule has 0 atom stereocenters. The van der Waals surface area contributed by atoms with E-state index in [0.29, 0.717) is 26.1 Å². The normalized spacial score (nSPS) is 17.6. The van der Waals surface area contributed by atoms with Crippen LogP contribution in [-0.2, 0) is 9.53 Å². The fourth-order valence-electron chi connectivity index (χ4n) is 2.19. The number of aliphatic imine (C=N–C) groups is 1. The fourth-order valence-corrected chi connectivity index (χ4v) is 2.19. The van der Waals surface area contributed by atoms with Gasteiger partial charge in [0.1, 0.15) is 0 Å². The van der Waals surface area contributed by atoms with Crippen molar-refractivity contribution < 1.29 is 9.53 Å². The number of nitrogens with two attached hydrogens (primary N) is 2. The molecule has 0 aliphatic carbocycles. The number of amides is 1. The second-order valence-electron chi connectivity index (χ2n) is 4.95. The summed E-state index contributed by atoms with van der Waals surface area (Å²) in [7, 11) is 0. The number of benzene rings is 1. The quantitative estimate of drug-likeness (QED) is 0.400. The summed E-state index contributed by atoms with van der Waals surface area (Å²) in [6.45, 7) is 1.35. The van der Waals surface area contributed by atoms with Crippen molar-refractivity contribution in [1.29, 1.82) is 0 Å². The summed E-state index contributed by atoms with van der Waals surface area (Å²) in [5.41, 5.74) is 11.6. The average molecular weight is 404 g/mol. The van der Waals surface area contributed by atoms with Gasteiger partial charge in [-0.05, 0) is 25.0 Å². The van der Waals surface area contributed by atoms with Crippen molar-refractivity contribution in [1.82, 2.24) is 0 Å². The maximum atomic E-state index is 11.7. The lowest BCUT2D eigenvalue weighted by Gasteiger charge is -2.32. The van der Waals surface area contributed by atoms with E-state index in [2.05, 4.69) is 10.3 Å². The number of hydrogen-bond donors (Lipinski definition) is 3. The van der Waals surface area contributed by atoms with Crippen LogP contribution in [0, 0.1) is 5.41 Å². The molecule has 1 heterocycles. The lowest BCUT2D eigenvalue weighted by atomic mass is 9.79. The third-order valence-electron chi connectivity index (χ3n) is 3.57. The summed E-state index contributed by atoms with van der Waals surface area (Å²) in [5.74, 6) is -0.0552. The van der Waals surface area contributed by atoms with Gasteiger partial charge >= 0.3 is 0 Å². The van der Waals surface area contributed by atoms with Gasteiger partial charge < -0.3 is 21.5 Å². The van der Waals surface area contributed by atoms with Crippen LogP contribution in [0.3, 0.4) is 0 Å². The van der Waals surface area contributed by atoms with Crippen molar-refractivity contribution in [3.8, 4) is 0 Å². The van der Waals surface area contributed by atoms with Crippen molar-refractivity contribution in [3.05, 3.63) is 30.3 Å². The molecular formula is C14H21IN4O2. The molecule has 5 N–H and O–H groups in total. The first-order valence-corrected chi connectivity index (χ1v) is 6.62. The first-order valence-electron chi connectivity index (χ1n) is 6.62. The zero-order valence-electron chi connectivity index (χ0n) is 11.7. The zero-order valence-corrected chi connectivity index (χ0v) is 14.1. The number of anilines is 1. The maximum absolute atomic E-state index is 11.7.